The summed E-state index contributed by atoms with van der Waals surface area (Å²) >= 11 is 0. The van der Waals surface area contributed by atoms with Gasteiger partial charge in [-0.25, -0.2) is 0 Å². The molecule has 2 aliphatic rings. The molecule has 2 saturated heterocycles. The van der Waals surface area contributed by atoms with Crippen LogP contribution in [0.2, 0.25) is 0 Å². The maximum absolute atomic E-state index is 11.0. The van der Waals surface area contributed by atoms with Gasteiger partial charge in [0.1, 0.15) is 24.4 Å². The van der Waals surface area contributed by atoms with Crippen LogP contribution in [0.25, 0.3) is 0 Å². The van der Waals surface area contributed by atoms with Gasteiger partial charge in [-0.3, -0.25) is 4.79 Å². The first-order chi connectivity index (χ1) is 8.30. The molecule has 7 heteroatoms. The van der Waals surface area contributed by atoms with Gasteiger partial charge in [0.2, 0.25) is 5.91 Å². The Kier molecular flexibility index (Phi) is 3.61. The Labute approximate surface area is 105 Å². The monoisotopic (exact) mass is 261 g/mol. The normalized spacial score (nSPS) is 43.1. The Morgan fingerprint density at radius 1 is 1.39 bits per heavy atom. The highest BCUT2D eigenvalue weighted by Gasteiger charge is 2.50. The topological polar surface area (TPSA) is 97.3 Å². The quantitative estimate of drug-likeness (QED) is 0.544. The minimum atomic E-state index is -1.28. The molecular weight excluding hydrogens is 242 g/mol. The second-order valence-corrected chi connectivity index (χ2v) is 5.08. The standard InChI is InChI=1S/C11H19NO6/c1-5(13)12-7-8(14)9-6(17-10(7)15)4-16-11(2,3)18-9/h6-10,14-15H,4H2,1-3H3,(H,12,13)/t6-,7-,8-,9-,10+/m1/s1. The summed E-state index contributed by atoms with van der Waals surface area (Å²) in [5.74, 6) is -1.18. The van der Waals surface area contributed by atoms with Gasteiger partial charge in [-0.15, -0.1) is 0 Å². The molecule has 2 rings (SSSR count). The van der Waals surface area contributed by atoms with Crippen molar-refractivity contribution in [3.63, 3.8) is 0 Å². The van der Waals surface area contributed by atoms with E-state index >= 15 is 0 Å². The third-order valence-corrected chi connectivity index (χ3v) is 3.08. The fourth-order valence-corrected chi connectivity index (χ4v) is 2.25. The van der Waals surface area contributed by atoms with Crippen LogP contribution in [0.3, 0.4) is 0 Å². The first-order valence-electron chi connectivity index (χ1n) is 5.90. The van der Waals surface area contributed by atoms with Crippen LogP contribution in [0.1, 0.15) is 20.8 Å². The van der Waals surface area contributed by atoms with Gasteiger partial charge in [-0.2, -0.15) is 0 Å². The van der Waals surface area contributed by atoms with Crippen LogP contribution in [0, 0.1) is 0 Å². The Morgan fingerprint density at radius 3 is 2.67 bits per heavy atom. The van der Waals surface area contributed by atoms with E-state index in [9.17, 15) is 15.0 Å². The van der Waals surface area contributed by atoms with Crippen molar-refractivity contribution in [2.75, 3.05) is 6.61 Å². The van der Waals surface area contributed by atoms with Crippen LogP contribution in [0.5, 0.6) is 0 Å². The number of nitrogens with one attached hydrogen (secondary N) is 1. The van der Waals surface area contributed by atoms with Gasteiger partial charge in [0.15, 0.2) is 12.1 Å². The summed E-state index contributed by atoms with van der Waals surface area (Å²) in [6.07, 6.45) is -3.52. The van der Waals surface area contributed by atoms with E-state index in [2.05, 4.69) is 5.32 Å². The first-order valence-corrected chi connectivity index (χ1v) is 5.90. The number of rotatable bonds is 1. The fraction of sp³-hybridized carbons (Fsp3) is 0.909. The molecule has 2 aliphatic heterocycles. The maximum Gasteiger partial charge on any atom is 0.217 e. The van der Waals surface area contributed by atoms with Crippen LogP contribution in [-0.4, -0.2) is 59.2 Å². The fourth-order valence-electron chi connectivity index (χ4n) is 2.25. The molecule has 0 bridgehead atoms. The van der Waals surface area contributed by atoms with Crippen LogP contribution >= 0.6 is 0 Å². The van der Waals surface area contributed by atoms with Crippen molar-refractivity contribution in [1.82, 2.24) is 5.32 Å². The molecule has 1 amide bonds. The predicted octanol–water partition coefficient (Wildman–Crippen LogP) is -1.28. The number of hydrogen-bond acceptors (Lipinski definition) is 6. The molecule has 0 saturated carbocycles. The van der Waals surface area contributed by atoms with Crippen molar-refractivity contribution < 1.29 is 29.2 Å². The maximum atomic E-state index is 11.0. The number of fused-ring (bicyclic) bond motifs is 1. The van der Waals surface area contributed by atoms with Crippen molar-refractivity contribution in [1.29, 1.82) is 0 Å². The van der Waals surface area contributed by atoms with Crippen LogP contribution in [0.15, 0.2) is 0 Å². The Morgan fingerprint density at radius 2 is 2.06 bits per heavy atom. The van der Waals surface area contributed by atoms with Gasteiger partial charge >= 0.3 is 0 Å². The smallest absolute Gasteiger partial charge is 0.217 e. The van der Waals surface area contributed by atoms with Gasteiger partial charge < -0.3 is 29.7 Å². The second kappa shape index (κ2) is 4.75. The highest BCUT2D eigenvalue weighted by molar-refractivity contribution is 5.73. The van der Waals surface area contributed by atoms with E-state index in [4.69, 9.17) is 14.2 Å². The van der Waals surface area contributed by atoms with Crippen molar-refractivity contribution in [3.8, 4) is 0 Å². The van der Waals surface area contributed by atoms with Crippen molar-refractivity contribution in [2.24, 2.45) is 0 Å². The highest BCUT2D eigenvalue weighted by atomic mass is 16.7. The number of ether oxygens (including phenoxy) is 3. The third kappa shape index (κ3) is 2.65. The summed E-state index contributed by atoms with van der Waals surface area (Å²) in [5.41, 5.74) is 0. The van der Waals surface area contributed by atoms with Crippen molar-refractivity contribution in [3.05, 3.63) is 0 Å². The molecule has 0 aromatic rings. The van der Waals surface area contributed by atoms with E-state index in [1.165, 1.54) is 6.92 Å². The van der Waals surface area contributed by atoms with Gasteiger partial charge in [0, 0.05) is 6.92 Å². The van der Waals surface area contributed by atoms with E-state index in [1.54, 1.807) is 13.8 Å². The van der Waals surface area contributed by atoms with Gasteiger partial charge in [0.25, 0.3) is 0 Å². The van der Waals surface area contributed by atoms with Gasteiger partial charge in [-0.1, -0.05) is 0 Å². The largest absolute Gasteiger partial charge is 0.388 e. The van der Waals surface area contributed by atoms with Gasteiger partial charge in [0.05, 0.1) is 6.61 Å². The van der Waals surface area contributed by atoms with E-state index < -0.39 is 36.4 Å². The molecule has 0 aromatic carbocycles. The van der Waals surface area contributed by atoms with E-state index in [-0.39, 0.29) is 12.5 Å². The number of aliphatic hydroxyl groups excluding tert-OH is 2. The Hall–Kier alpha value is -0.730. The first kappa shape index (κ1) is 13.7. The number of amides is 1. The number of carbonyl (C=O) groups excluding carboxylic acids is 1. The lowest BCUT2D eigenvalue weighted by molar-refractivity contribution is -0.364. The lowest BCUT2D eigenvalue weighted by atomic mass is 9.95. The van der Waals surface area contributed by atoms with Crippen molar-refractivity contribution >= 4 is 5.91 Å². The molecule has 18 heavy (non-hydrogen) atoms. The molecule has 0 unspecified atom stereocenters. The summed E-state index contributed by atoms with van der Waals surface area (Å²) in [7, 11) is 0. The molecule has 0 aliphatic carbocycles. The predicted molar refractivity (Wildman–Crippen MR) is 59.4 cm³/mol. The zero-order chi connectivity index (χ0) is 13.5. The Balaban J connectivity index is 2.12. The number of aliphatic hydroxyl groups is 2. The molecule has 0 spiro atoms. The zero-order valence-corrected chi connectivity index (χ0v) is 10.6. The average Bonchev–Trinajstić information content (AvgIpc) is 2.25. The highest BCUT2D eigenvalue weighted by Crippen LogP contribution is 2.31. The molecule has 0 aromatic heterocycles. The molecule has 0 radical (unpaired) electrons. The summed E-state index contributed by atoms with van der Waals surface area (Å²) < 4.78 is 16.3. The molecule has 2 fully saturated rings. The summed E-state index contributed by atoms with van der Waals surface area (Å²) in [4.78, 5) is 11.0. The summed E-state index contributed by atoms with van der Waals surface area (Å²) in [6, 6.07) is -0.905. The Bertz CT molecular complexity index is 333. The number of carbonyl (C=O) groups is 1. The molecule has 104 valence electrons. The third-order valence-electron chi connectivity index (χ3n) is 3.08. The lowest BCUT2D eigenvalue weighted by Crippen LogP contribution is -2.67. The minimum absolute atomic E-state index is 0.221. The van der Waals surface area contributed by atoms with E-state index in [0.717, 1.165) is 0 Å². The molecule has 2 heterocycles. The van der Waals surface area contributed by atoms with E-state index in [1.807, 2.05) is 0 Å². The molecule has 3 N–H and O–H groups in total. The molecular formula is C11H19NO6. The van der Waals surface area contributed by atoms with Crippen LogP contribution in [0.4, 0.5) is 0 Å². The SMILES string of the molecule is CC(=O)N[C@@H]1[C@@H](O)[C@@H]2OC(C)(C)OC[C@H]2O[C@@H]1O. The molecule has 7 nitrogen and oxygen atoms in total. The van der Waals surface area contributed by atoms with E-state index in [0.29, 0.717) is 0 Å². The van der Waals surface area contributed by atoms with Crippen molar-refractivity contribution in [2.45, 2.75) is 57.2 Å². The van der Waals surface area contributed by atoms with Crippen LogP contribution in [-0.2, 0) is 19.0 Å². The molecule has 5 atom stereocenters. The summed E-state index contributed by atoms with van der Waals surface area (Å²) in [5, 5.41) is 22.4. The summed E-state index contributed by atoms with van der Waals surface area (Å²) in [6.45, 7) is 4.99. The average molecular weight is 261 g/mol. The minimum Gasteiger partial charge on any atom is -0.388 e. The number of hydrogen-bond donors (Lipinski definition) is 3. The van der Waals surface area contributed by atoms with Gasteiger partial charge in [-0.05, 0) is 13.8 Å². The zero-order valence-electron chi connectivity index (χ0n) is 10.6. The lowest BCUT2D eigenvalue weighted by Gasteiger charge is -2.48. The van der Waals surface area contributed by atoms with Crippen LogP contribution < -0.4 is 5.32 Å². The second-order valence-electron chi connectivity index (χ2n) is 5.08.